The van der Waals surface area contributed by atoms with Gasteiger partial charge in [0.2, 0.25) is 6.41 Å². The molecule has 0 unspecified atom stereocenters. The molecule has 160 valence electrons. The van der Waals surface area contributed by atoms with Crippen LogP contribution in [0.25, 0.3) is 27.5 Å². The van der Waals surface area contributed by atoms with E-state index in [1.165, 1.54) is 11.9 Å². The molecule has 11 heteroatoms. The Labute approximate surface area is 175 Å². The normalized spacial score (nSPS) is 11.1. The molecule has 3 amide bonds. The average Bonchev–Trinajstić information content (AvgIpc) is 3.37. The summed E-state index contributed by atoms with van der Waals surface area (Å²) in [4.78, 5) is 23.1. The van der Waals surface area contributed by atoms with E-state index in [0.29, 0.717) is 34.3 Å². The molecular formula is C20H20FN7O3. The Morgan fingerprint density at radius 2 is 2.26 bits per heavy atom. The van der Waals surface area contributed by atoms with Crippen LogP contribution in [0, 0.1) is 12.7 Å². The van der Waals surface area contributed by atoms with Crippen molar-refractivity contribution >= 4 is 34.7 Å². The summed E-state index contributed by atoms with van der Waals surface area (Å²) in [5, 5.41) is 14.3. The van der Waals surface area contributed by atoms with Gasteiger partial charge in [0.05, 0.1) is 18.3 Å². The molecule has 0 aliphatic carbocycles. The summed E-state index contributed by atoms with van der Waals surface area (Å²) in [5.41, 5.74) is 8.15. The first-order valence-electron chi connectivity index (χ1n) is 9.39. The maximum Gasteiger partial charge on any atom is 0.314 e. The maximum absolute atomic E-state index is 15.3. The number of hydrogen-bond donors (Lipinski definition) is 3. The highest BCUT2D eigenvalue weighted by molar-refractivity contribution is 6.00. The van der Waals surface area contributed by atoms with E-state index in [1.807, 2.05) is 6.07 Å². The highest BCUT2D eigenvalue weighted by Crippen LogP contribution is 2.39. The van der Waals surface area contributed by atoms with E-state index in [4.69, 9.17) is 10.5 Å². The zero-order chi connectivity index (χ0) is 22.1. The highest BCUT2D eigenvalue weighted by Gasteiger charge is 2.21. The lowest BCUT2D eigenvalue weighted by molar-refractivity contribution is -0.105. The molecular weight excluding hydrogens is 405 g/mol. The number of fused-ring (bicyclic) bond motifs is 2. The average molecular weight is 425 g/mol. The number of nitrogens with zero attached hydrogens (tertiary/aromatic N) is 4. The molecule has 4 N–H and O–H groups in total. The lowest BCUT2D eigenvalue weighted by atomic mass is 9.96. The zero-order valence-corrected chi connectivity index (χ0v) is 16.8. The number of H-pyrrole nitrogens is 1. The first-order valence-corrected chi connectivity index (χ1v) is 9.39. The van der Waals surface area contributed by atoms with Gasteiger partial charge in [-0.2, -0.15) is 10.2 Å². The summed E-state index contributed by atoms with van der Waals surface area (Å²) in [6.45, 7) is 1.94. The number of pyridine rings is 1. The van der Waals surface area contributed by atoms with Crippen LogP contribution in [0.1, 0.15) is 5.56 Å². The predicted octanol–water partition coefficient (Wildman–Crippen LogP) is 2.28. The number of carbonyl (C=O) groups is 2. The summed E-state index contributed by atoms with van der Waals surface area (Å²) < 4.78 is 22.6. The summed E-state index contributed by atoms with van der Waals surface area (Å²) in [6.07, 6.45) is 3.89. The van der Waals surface area contributed by atoms with Gasteiger partial charge in [-0.05, 0) is 35.7 Å². The molecule has 31 heavy (non-hydrogen) atoms. The molecule has 0 atom stereocenters. The molecule has 1 aromatic carbocycles. The van der Waals surface area contributed by atoms with Gasteiger partial charge in [-0.25, -0.2) is 13.7 Å². The summed E-state index contributed by atoms with van der Waals surface area (Å²) in [6, 6.07) is 4.77. The van der Waals surface area contributed by atoms with Gasteiger partial charge in [0.15, 0.2) is 17.4 Å². The number of anilines is 1. The van der Waals surface area contributed by atoms with Crippen molar-refractivity contribution in [3.63, 3.8) is 0 Å². The second-order valence-corrected chi connectivity index (χ2v) is 6.99. The second-order valence-electron chi connectivity index (χ2n) is 6.99. The topological polar surface area (TPSA) is 131 Å². The van der Waals surface area contributed by atoms with Gasteiger partial charge in [0.1, 0.15) is 12.1 Å². The standard InChI is InChI=1S/C20H20FN7O3/c1-11-16(12-3-4-28-13(7-12)8-15(26-28)23-10-29)14-9-24-25-18(14)19(17(11)21)31-6-5-27(2)20(22)30/h3-4,7-10H,5-6H2,1-2H3,(H2,22,30)(H,24,25)(H,23,26,29). The number of halogens is 1. The molecule has 0 saturated heterocycles. The molecule has 4 aromatic rings. The van der Waals surface area contributed by atoms with Gasteiger partial charge < -0.3 is 20.7 Å². The molecule has 0 saturated carbocycles. The van der Waals surface area contributed by atoms with E-state index in [9.17, 15) is 9.59 Å². The molecule has 0 radical (unpaired) electrons. The first kappa shape index (κ1) is 20.1. The van der Waals surface area contributed by atoms with Crippen LogP contribution in [-0.4, -0.2) is 57.4 Å². The van der Waals surface area contributed by atoms with Crippen LogP contribution >= 0.6 is 0 Å². The zero-order valence-electron chi connectivity index (χ0n) is 16.8. The van der Waals surface area contributed by atoms with Crippen molar-refractivity contribution in [3.05, 3.63) is 42.0 Å². The van der Waals surface area contributed by atoms with Gasteiger partial charge in [-0.15, -0.1) is 0 Å². The minimum atomic E-state index is -0.593. The maximum atomic E-state index is 15.3. The van der Waals surface area contributed by atoms with Crippen molar-refractivity contribution in [2.75, 3.05) is 25.5 Å². The molecule has 4 rings (SSSR count). The number of likely N-dealkylation sites (N-methyl/N-ethyl adjacent to an activating group) is 1. The van der Waals surface area contributed by atoms with Crippen LogP contribution in [0.15, 0.2) is 30.6 Å². The van der Waals surface area contributed by atoms with Crippen molar-refractivity contribution in [1.29, 1.82) is 0 Å². The number of urea groups is 1. The first-order chi connectivity index (χ1) is 14.9. The van der Waals surface area contributed by atoms with E-state index < -0.39 is 11.8 Å². The van der Waals surface area contributed by atoms with Gasteiger partial charge in [-0.1, -0.05) is 0 Å². The molecule has 10 nitrogen and oxygen atoms in total. The van der Waals surface area contributed by atoms with Crippen molar-refractivity contribution in [1.82, 2.24) is 24.7 Å². The molecule has 0 bridgehead atoms. The Kier molecular flexibility index (Phi) is 5.15. The summed E-state index contributed by atoms with van der Waals surface area (Å²) >= 11 is 0. The van der Waals surface area contributed by atoms with E-state index in [-0.39, 0.29) is 18.9 Å². The van der Waals surface area contributed by atoms with Gasteiger partial charge >= 0.3 is 6.03 Å². The monoisotopic (exact) mass is 425 g/mol. The number of primary amides is 1. The largest absolute Gasteiger partial charge is 0.486 e. The lowest BCUT2D eigenvalue weighted by Crippen LogP contribution is -2.35. The van der Waals surface area contributed by atoms with E-state index in [0.717, 1.165) is 11.1 Å². The number of hydrogen-bond acceptors (Lipinski definition) is 5. The Hall–Kier alpha value is -4.15. The fourth-order valence-corrected chi connectivity index (χ4v) is 3.42. The Balaban J connectivity index is 1.75. The van der Waals surface area contributed by atoms with Crippen LogP contribution in [0.3, 0.4) is 0 Å². The number of aromatic amines is 1. The number of amides is 3. The molecule has 3 aromatic heterocycles. The third-order valence-corrected chi connectivity index (χ3v) is 5.05. The van der Waals surface area contributed by atoms with Gasteiger partial charge in [-0.3, -0.25) is 9.89 Å². The number of nitrogens with one attached hydrogen (secondary N) is 2. The Bertz CT molecular complexity index is 1300. The lowest BCUT2D eigenvalue weighted by Gasteiger charge is -2.17. The Morgan fingerprint density at radius 3 is 3.00 bits per heavy atom. The van der Waals surface area contributed by atoms with Crippen LogP contribution < -0.4 is 15.8 Å². The smallest absolute Gasteiger partial charge is 0.314 e. The van der Waals surface area contributed by atoms with Crippen LogP contribution in [-0.2, 0) is 4.79 Å². The fourth-order valence-electron chi connectivity index (χ4n) is 3.42. The van der Waals surface area contributed by atoms with Crippen LogP contribution in [0.4, 0.5) is 15.0 Å². The minimum absolute atomic E-state index is 0.0366. The van der Waals surface area contributed by atoms with Crippen molar-refractivity contribution in [2.45, 2.75) is 6.92 Å². The number of aromatic nitrogens is 4. The van der Waals surface area contributed by atoms with Gasteiger partial charge in [0.25, 0.3) is 0 Å². The summed E-state index contributed by atoms with van der Waals surface area (Å²) in [7, 11) is 1.53. The molecule has 3 heterocycles. The molecule has 0 aliphatic heterocycles. The third kappa shape index (κ3) is 3.61. The predicted molar refractivity (Wildman–Crippen MR) is 112 cm³/mol. The second kappa shape index (κ2) is 7.94. The number of ether oxygens (including phenoxy) is 1. The number of nitrogens with two attached hydrogens (primary N) is 1. The quantitative estimate of drug-likeness (QED) is 0.391. The minimum Gasteiger partial charge on any atom is -0.486 e. The van der Waals surface area contributed by atoms with E-state index >= 15 is 4.39 Å². The van der Waals surface area contributed by atoms with Crippen LogP contribution in [0.2, 0.25) is 0 Å². The highest BCUT2D eigenvalue weighted by atomic mass is 19.1. The summed E-state index contributed by atoms with van der Waals surface area (Å²) in [5.74, 6) is -0.0760. The van der Waals surface area contributed by atoms with E-state index in [2.05, 4.69) is 20.6 Å². The number of carbonyl (C=O) groups excluding carboxylic acids is 2. The number of benzene rings is 1. The third-order valence-electron chi connectivity index (χ3n) is 5.05. The molecule has 0 aliphatic rings. The molecule has 0 fully saturated rings. The van der Waals surface area contributed by atoms with Crippen molar-refractivity contribution in [3.8, 4) is 16.9 Å². The van der Waals surface area contributed by atoms with E-state index in [1.54, 1.807) is 36.0 Å². The van der Waals surface area contributed by atoms with Gasteiger partial charge in [0, 0.05) is 24.7 Å². The Morgan fingerprint density at radius 1 is 1.45 bits per heavy atom. The van der Waals surface area contributed by atoms with Crippen molar-refractivity contribution in [2.24, 2.45) is 5.73 Å². The van der Waals surface area contributed by atoms with Crippen LogP contribution in [0.5, 0.6) is 5.75 Å². The SMILES string of the molecule is Cc1c(F)c(OCCN(C)C(N)=O)c2[nH]ncc2c1-c1ccn2nc(NC=O)cc2c1. The molecule has 0 spiro atoms. The number of rotatable bonds is 7. The fraction of sp³-hybridized carbons (Fsp3) is 0.200. The van der Waals surface area contributed by atoms with Crippen molar-refractivity contribution < 1.29 is 18.7 Å².